The number of amides is 4. The molecule has 4 amide bonds. The van der Waals surface area contributed by atoms with Crippen LogP contribution in [0.3, 0.4) is 0 Å². The first kappa shape index (κ1) is 15.5. The molecule has 2 heterocycles. The number of rotatable bonds is 4. The van der Waals surface area contributed by atoms with Crippen LogP contribution in [0.1, 0.15) is 33.6 Å². The molecule has 3 unspecified atom stereocenters. The van der Waals surface area contributed by atoms with E-state index in [0.717, 1.165) is 24.6 Å². The first-order valence-electron chi connectivity index (χ1n) is 7.65. The Labute approximate surface area is 133 Å². The number of hydrogen-bond acceptors (Lipinski definition) is 5. The van der Waals surface area contributed by atoms with Crippen LogP contribution < -0.4 is 5.32 Å². The largest absolute Gasteiger partial charge is 0.286 e. The highest BCUT2D eigenvalue weighted by molar-refractivity contribution is 8.15. The average Bonchev–Trinajstić information content (AvgIpc) is 3.09. The van der Waals surface area contributed by atoms with Gasteiger partial charge in [-0.05, 0) is 24.7 Å². The molecule has 0 aromatic heterocycles. The zero-order valence-electron chi connectivity index (χ0n) is 12.9. The summed E-state index contributed by atoms with van der Waals surface area (Å²) >= 11 is 0.941. The summed E-state index contributed by atoms with van der Waals surface area (Å²) in [5.41, 5.74) is -0.480. The van der Waals surface area contributed by atoms with Crippen molar-refractivity contribution in [1.29, 1.82) is 0 Å². The van der Waals surface area contributed by atoms with E-state index in [2.05, 4.69) is 5.32 Å². The fourth-order valence-electron chi connectivity index (χ4n) is 3.79. The van der Waals surface area contributed by atoms with Gasteiger partial charge in [-0.25, -0.2) is 0 Å². The van der Waals surface area contributed by atoms with Crippen molar-refractivity contribution < 1.29 is 19.2 Å². The molecular formula is C15H20N2O4S. The molecule has 1 saturated carbocycles. The van der Waals surface area contributed by atoms with Gasteiger partial charge in [0, 0.05) is 6.54 Å². The van der Waals surface area contributed by atoms with E-state index in [0.29, 0.717) is 0 Å². The number of imide groups is 2. The Morgan fingerprint density at radius 2 is 1.86 bits per heavy atom. The number of thioether (sulfide) groups is 1. The highest BCUT2D eigenvalue weighted by Crippen LogP contribution is 2.59. The second kappa shape index (κ2) is 5.08. The zero-order valence-corrected chi connectivity index (χ0v) is 13.7. The summed E-state index contributed by atoms with van der Waals surface area (Å²) in [7, 11) is 0. The highest BCUT2D eigenvalue weighted by atomic mass is 32.2. The van der Waals surface area contributed by atoms with Crippen LogP contribution in [0.25, 0.3) is 0 Å². The predicted octanol–water partition coefficient (Wildman–Crippen LogP) is 1.40. The van der Waals surface area contributed by atoms with Crippen molar-refractivity contribution in [2.75, 3.05) is 6.54 Å². The molecule has 0 aromatic rings. The molecule has 3 fully saturated rings. The average molecular weight is 324 g/mol. The van der Waals surface area contributed by atoms with Crippen LogP contribution in [0.15, 0.2) is 0 Å². The third-order valence-electron chi connectivity index (χ3n) is 4.96. The maximum absolute atomic E-state index is 12.6. The molecule has 2 aliphatic heterocycles. The molecule has 2 saturated heterocycles. The minimum absolute atomic E-state index is 0.0854. The van der Waals surface area contributed by atoms with Gasteiger partial charge < -0.3 is 0 Å². The first-order valence-corrected chi connectivity index (χ1v) is 8.53. The number of nitrogens with zero attached hydrogens (tertiary/aromatic N) is 1. The molecule has 3 atom stereocenters. The van der Waals surface area contributed by atoms with Gasteiger partial charge in [-0.1, -0.05) is 32.5 Å². The summed E-state index contributed by atoms with van der Waals surface area (Å²) in [5.74, 6) is -0.880. The standard InChI is InChI=1S/C15H20N2O4S/c1-7(2)9-12(19)17(13(20)15(9)4-5-15)6-8(3)10-11(18)16-14(21)22-10/h7-10H,4-6H2,1-3H3,(H,16,18,21). The molecule has 6 nitrogen and oxygen atoms in total. The second-order valence-electron chi connectivity index (χ2n) is 6.92. The number of carbonyl (C=O) groups is 4. The van der Waals surface area contributed by atoms with Crippen LogP contribution >= 0.6 is 11.8 Å². The van der Waals surface area contributed by atoms with Gasteiger partial charge in [-0.15, -0.1) is 0 Å². The monoisotopic (exact) mass is 324 g/mol. The third kappa shape index (κ3) is 2.17. The summed E-state index contributed by atoms with van der Waals surface area (Å²) in [5, 5.41) is 1.36. The molecule has 0 radical (unpaired) electrons. The smallest absolute Gasteiger partial charge is 0.286 e. The fourth-order valence-corrected chi connectivity index (χ4v) is 4.66. The van der Waals surface area contributed by atoms with Gasteiger partial charge in [0.2, 0.25) is 17.7 Å². The molecule has 1 N–H and O–H groups in total. The fraction of sp³-hybridized carbons (Fsp3) is 0.733. The maximum atomic E-state index is 12.6. The van der Waals surface area contributed by atoms with Crippen LogP contribution in [0.5, 0.6) is 0 Å². The lowest BCUT2D eigenvalue weighted by atomic mass is 9.83. The Balaban J connectivity index is 1.75. The van der Waals surface area contributed by atoms with Gasteiger partial charge in [-0.3, -0.25) is 29.4 Å². The predicted molar refractivity (Wildman–Crippen MR) is 80.8 cm³/mol. The molecule has 3 rings (SSSR count). The molecular weight excluding hydrogens is 304 g/mol. The van der Waals surface area contributed by atoms with Crippen LogP contribution in [-0.2, 0) is 14.4 Å². The summed E-state index contributed by atoms with van der Waals surface area (Å²) in [4.78, 5) is 49.6. The first-order chi connectivity index (χ1) is 10.3. The lowest BCUT2D eigenvalue weighted by Gasteiger charge is -2.22. The molecule has 0 aromatic carbocycles. The van der Waals surface area contributed by atoms with E-state index in [4.69, 9.17) is 0 Å². The Morgan fingerprint density at radius 3 is 2.27 bits per heavy atom. The summed E-state index contributed by atoms with van der Waals surface area (Å²) in [6, 6.07) is 0. The normalized spacial score (nSPS) is 31.4. The van der Waals surface area contributed by atoms with Gasteiger partial charge in [0.05, 0.1) is 16.6 Å². The van der Waals surface area contributed by atoms with E-state index in [9.17, 15) is 19.2 Å². The molecule has 0 bridgehead atoms. The van der Waals surface area contributed by atoms with Crippen molar-refractivity contribution in [3.05, 3.63) is 0 Å². The van der Waals surface area contributed by atoms with Gasteiger partial charge in [-0.2, -0.15) is 0 Å². The Kier molecular flexibility index (Phi) is 3.58. The van der Waals surface area contributed by atoms with Crippen molar-refractivity contribution in [1.82, 2.24) is 10.2 Å². The molecule has 7 heteroatoms. The van der Waals surface area contributed by atoms with Crippen molar-refractivity contribution in [3.63, 3.8) is 0 Å². The van der Waals surface area contributed by atoms with Crippen LogP contribution in [0.4, 0.5) is 4.79 Å². The Bertz CT molecular complexity index is 570. The van der Waals surface area contributed by atoms with Crippen molar-refractivity contribution >= 4 is 34.7 Å². The summed E-state index contributed by atoms with van der Waals surface area (Å²) in [6.07, 6.45) is 1.56. The lowest BCUT2D eigenvalue weighted by Crippen LogP contribution is -2.40. The number of nitrogens with one attached hydrogen (secondary N) is 1. The number of likely N-dealkylation sites (tertiary alicyclic amines) is 1. The van der Waals surface area contributed by atoms with Crippen LogP contribution in [0, 0.1) is 23.2 Å². The number of carbonyl (C=O) groups excluding carboxylic acids is 4. The Hall–Kier alpha value is -1.37. The topological polar surface area (TPSA) is 83.6 Å². The van der Waals surface area contributed by atoms with Crippen molar-refractivity contribution in [3.8, 4) is 0 Å². The minimum Gasteiger partial charge on any atom is -0.286 e. The number of hydrogen-bond donors (Lipinski definition) is 1. The van der Waals surface area contributed by atoms with Crippen molar-refractivity contribution in [2.45, 2.75) is 38.9 Å². The molecule has 120 valence electrons. The van der Waals surface area contributed by atoms with E-state index in [1.807, 2.05) is 13.8 Å². The molecule has 1 aliphatic carbocycles. The van der Waals surface area contributed by atoms with E-state index in [-0.39, 0.29) is 47.3 Å². The van der Waals surface area contributed by atoms with E-state index >= 15 is 0 Å². The molecule has 3 aliphatic rings. The van der Waals surface area contributed by atoms with Crippen molar-refractivity contribution in [2.24, 2.45) is 23.2 Å². The van der Waals surface area contributed by atoms with Crippen LogP contribution in [0.2, 0.25) is 0 Å². The van der Waals surface area contributed by atoms with E-state index < -0.39 is 10.7 Å². The molecule has 1 spiro atoms. The summed E-state index contributed by atoms with van der Waals surface area (Å²) < 4.78 is 0. The molecule has 22 heavy (non-hydrogen) atoms. The van der Waals surface area contributed by atoms with Gasteiger partial charge in [0.15, 0.2) is 0 Å². The van der Waals surface area contributed by atoms with E-state index in [1.54, 1.807) is 6.92 Å². The second-order valence-corrected chi connectivity index (χ2v) is 8.04. The summed E-state index contributed by atoms with van der Waals surface area (Å²) in [6.45, 7) is 5.96. The Morgan fingerprint density at radius 1 is 1.23 bits per heavy atom. The minimum atomic E-state index is -0.527. The quantitative estimate of drug-likeness (QED) is 0.790. The third-order valence-corrected chi connectivity index (χ3v) is 6.21. The van der Waals surface area contributed by atoms with E-state index in [1.165, 1.54) is 4.90 Å². The maximum Gasteiger partial charge on any atom is 0.286 e. The van der Waals surface area contributed by atoms with Gasteiger partial charge in [0.1, 0.15) is 0 Å². The highest BCUT2D eigenvalue weighted by Gasteiger charge is 2.66. The lowest BCUT2D eigenvalue weighted by molar-refractivity contribution is -0.141. The zero-order chi connectivity index (χ0) is 16.2. The SMILES string of the molecule is CC(C)C1C(=O)N(CC(C)C2SC(=O)NC2=O)C(=O)C12CC2. The van der Waals surface area contributed by atoms with Crippen LogP contribution in [-0.4, -0.2) is 39.7 Å². The van der Waals surface area contributed by atoms with Gasteiger partial charge >= 0.3 is 0 Å². The van der Waals surface area contributed by atoms with Gasteiger partial charge in [0.25, 0.3) is 5.24 Å².